The van der Waals surface area contributed by atoms with Crippen LogP contribution in [0.4, 0.5) is 11.4 Å². The number of carboxylic acids is 1. The van der Waals surface area contributed by atoms with E-state index < -0.39 is 39.4 Å². The molecule has 15 heteroatoms. The highest BCUT2D eigenvalue weighted by molar-refractivity contribution is 7.89. The van der Waals surface area contributed by atoms with E-state index in [1.807, 2.05) is 32.4 Å². The smallest absolute Gasteiger partial charge is 0.323 e. The number of nitro benzene ring substituents is 1. The predicted octanol–water partition coefficient (Wildman–Crippen LogP) is 1.82. The molecule has 6 N–H and O–H groups in total. The lowest BCUT2D eigenvalue weighted by atomic mass is 10.1. The summed E-state index contributed by atoms with van der Waals surface area (Å²) in [6.07, 6.45) is 0. The standard InChI is InChI=1S/C21H25N7O7S.2C2H6/c22-21(23)27-10-8-26(9-11-27)17-7-6-14(12-18(17)28(32)33)19(29)24-13-16(20(30)31)25-36(34,35)15-4-2-1-3-5-15;2*1-2/h1-7,12,16,25H,8-11,13H2,(H3,22,23)(H,24,29)(H,30,31);2*1-2H3. The Bertz CT molecular complexity index is 1270. The Hall–Kier alpha value is -4.24. The molecule has 1 saturated heterocycles. The molecule has 3 rings (SSSR count). The second kappa shape index (κ2) is 16.0. The first-order valence-electron chi connectivity index (χ1n) is 12.7. The van der Waals surface area contributed by atoms with Gasteiger partial charge in [-0.1, -0.05) is 45.9 Å². The lowest BCUT2D eigenvalue weighted by Crippen LogP contribution is -2.51. The van der Waals surface area contributed by atoms with E-state index in [0.29, 0.717) is 31.9 Å². The molecule has 40 heavy (non-hydrogen) atoms. The third-order valence-electron chi connectivity index (χ3n) is 5.51. The third-order valence-corrected chi connectivity index (χ3v) is 7.00. The summed E-state index contributed by atoms with van der Waals surface area (Å²) in [6, 6.07) is 9.32. The quantitative estimate of drug-likeness (QED) is 0.126. The number of carbonyl (C=O) groups excluding carboxylic acids is 1. The number of anilines is 1. The van der Waals surface area contributed by atoms with Crippen molar-refractivity contribution < 1.29 is 28.0 Å². The molecule has 0 aliphatic carbocycles. The van der Waals surface area contributed by atoms with Crippen molar-refractivity contribution in [3.05, 3.63) is 64.2 Å². The van der Waals surface area contributed by atoms with Crippen LogP contribution in [0.3, 0.4) is 0 Å². The molecule has 0 bridgehead atoms. The van der Waals surface area contributed by atoms with Crippen LogP contribution in [0.2, 0.25) is 0 Å². The first-order chi connectivity index (χ1) is 19.0. The normalized spacial score (nSPS) is 13.5. The number of benzene rings is 2. The zero-order chi connectivity index (χ0) is 30.5. The van der Waals surface area contributed by atoms with Gasteiger partial charge in [-0.25, -0.2) is 8.42 Å². The Morgan fingerprint density at radius 3 is 2.15 bits per heavy atom. The van der Waals surface area contributed by atoms with Crippen LogP contribution in [-0.4, -0.2) is 79.9 Å². The first-order valence-corrected chi connectivity index (χ1v) is 14.2. The molecule has 14 nitrogen and oxygen atoms in total. The highest BCUT2D eigenvalue weighted by Gasteiger charge is 2.28. The van der Waals surface area contributed by atoms with E-state index in [1.54, 1.807) is 15.9 Å². The molecule has 1 fully saturated rings. The van der Waals surface area contributed by atoms with Crippen molar-refractivity contribution in [2.45, 2.75) is 38.6 Å². The summed E-state index contributed by atoms with van der Waals surface area (Å²) in [6.45, 7) is 8.98. The Morgan fingerprint density at radius 2 is 1.65 bits per heavy atom. The number of rotatable bonds is 9. The topological polar surface area (TPSA) is 212 Å². The van der Waals surface area contributed by atoms with E-state index in [1.165, 1.54) is 36.4 Å². The minimum atomic E-state index is -4.16. The molecule has 2 aromatic carbocycles. The van der Waals surface area contributed by atoms with Gasteiger partial charge in [-0.3, -0.25) is 25.1 Å². The molecule has 1 aliphatic heterocycles. The third kappa shape index (κ3) is 9.20. The Balaban J connectivity index is 0.00000191. The summed E-state index contributed by atoms with van der Waals surface area (Å²) >= 11 is 0. The number of aliphatic carboxylic acids is 1. The summed E-state index contributed by atoms with van der Waals surface area (Å²) in [7, 11) is -4.16. The monoisotopic (exact) mass is 579 g/mol. The van der Waals surface area contributed by atoms with Crippen LogP contribution in [-0.2, 0) is 14.8 Å². The summed E-state index contributed by atoms with van der Waals surface area (Å²) in [5.74, 6) is -2.40. The summed E-state index contributed by atoms with van der Waals surface area (Å²) in [4.78, 5) is 38.5. The largest absolute Gasteiger partial charge is 0.480 e. The van der Waals surface area contributed by atoms with Crippen molar-refractivity contribution in [1.82, 2.24) is 14.9 Å². The van der Waals surface area contributed by atoms with Crippen LogP contribution >= 0.6 is 0 Å². The lowest BCUT2D eigenvalue weighted by molar-refractivity contribution is -0.384. The molecular formula is C25H37N7O7S. The molecule has 1 atom stereocenters. The number of nitrogens with two attached hydrogens (primary N) is 1. The van der Waals surface area contributed by atoms with E-state index in [4.69, 9.17) is 11.1 Å². The molecule has 1 amide bonds. The second-order valence-electron chi connectivity index (χ2n) is 7.86. The molecule has 220 valence electrons. The number of piperazine rings is 1. The molecule has 0 saturated carbocycles. The van der Waals surface area contributed by atoms with Crippen LogP contribution in [0.25, 0.3) is 0 Å². The highest BCUT2D eigenvalue weighted by atomic mass is 32.2. The van der Waals surface area contributed by atoms with E-state index in [-0.39, 0.29) is 22.1 Å². The van der Waals surface area contributed by atoms with Gasteiger partial charge < -0.3 is 26.0 Å². The number of carboxylic acid groups (broad SMARTS) is 1. The Labute approximate surface area is 233 Å². The van der Waals surface area contributed by atoms with E-state index in [9.17, 15) is 33.2 Å². The Morgan fingerprint density at radius 1 is 1.07 bits per heavy atom. The van der Waals surface area contributed by atoms with Gasteiger partial charge in [0.15, 0.2) is 5.96 Å². The molecule has 2 aromatic rings. The molecule has 0 spiro atoms. The van der Waals surface area contributed by atoms with Crippen molar-refractivity contribution in [1.29, 1.82) is 5.41 Å². The minimum absolute atomic E-state index is 0.0816. The number of hydrogen-bond acceptors (Lipinski definition) is 8. The number of sulfonamides is 1. The Kier molecular flexibility index (Phi) is 13.5. The number of nitrogens with one attached hydrogen (secondary N) is 3. The van der Waals surface area contributed by atoms with Gasteiger partial charge in [0.05, 0.1) is 9.82 Å². The number of hydrogen-bond donors (Lipinski definition) is 5. The zero-order valence-corrected chi connectivity index (χ0v) is 23.8. The van der Waals surface area contributed by atoms with Crippen molar-refractivity contribution >= 4 is 39.2 Å². The SMILES string of the molecule is CC.CC.N=C(N)N1CCN(c2ccc(C(=O)NCC(NS(=O)(=O)c3ccccc3)C(=O)O)cc2[N+](=O)[O-])CC1. The maximum atomic E-state index is 12.6. The van der Waals surface area contributed by atoms with Gasteiger partial charge in [-0.15, -0.1) is 0 Å². The molecule has 0 aromatic heterocycles. The molecule has 0 radical (unpaired) electrons. The highest BCUT2D eigenvalue weighted by Crippen LogP contribution is 2.30. The summed E-state index contributed by atoms with van der Waals surface area (Å²) in [5.41, 5.74) is 5.35. The van der Waals surface area contributed by atoms with Crippen LogP contribution < -0.4 is 20.7 Å². The molecule has 1 unspecified atom stereocenters. The molecule has 1 heterocycles. The number of carbonyl (C=O) groups is 2. The van der Waals surface area contributed by atoms with Crippen molar-refractivity contribution in [3.8, 4) is 0 Å². The van der Waals surface area contributed by atoms with Gasteiger partial charge in [-0.05, 0) is 24.3 Å². The number of guanidine groups is 1. The van der Waals surface area contributed by atoms with Crippen LogP contribution in [0.5, 0.6) is 0 Å². The minimum Gasteiger partial charge on any atom is -0.480 e. The van der Waals surface area contributed by atoms with Gasteiger partial charge in [0.1, 0.15) is 11.7 Å². The number of nitrogens with zero attached hydrogens (tertiary/aromatic N) is 3. The average molecular weight is 580 g/mol. The first kappa shape index (κ1) is 33.8. The van der Waals surface area contributed by atoms with Crippen molar-refractivity contribution in [2.24, 2.45) is 5.73 Å². The fraction of sp³-hybridized carbons (Fsp3) is 0.400. The fourth-order valence-electron chi connectivity index (χ4n) is 3.60. The average Bonchev–Trinajstić information content (AvgIpc) is 2.97. The maximum Gasteiger partial charge on any atom is 0.323 e. The van der Waals surface area contributed by atoms with Gasteiger partial charge >= 0.3 is 5.97 Å². The maximum absolute atomic E-state index is 12.6. The van der Waals surface area contributed by atoms with Gasteiger partial charge in [0.2, 0.25) is 10.0 Å². The van der Waals surface area contributed by atoms with Crippen LogP contribution in [0.1, 0.15) is 38.1 Å². The van der Waals surface area contributed by atoms with Gasteiger partial charge in [-0.2, -0.15) is 4.72 Å². The second-order valence-corrected chi connectivity index (χ2v) is 9.57. The number of amides is 1. The fourth-order valence-corrected chi connectivity index (χ4v) is 4.81. The molecular weight excluding hydrogens is 542 g/mol. The van der Waals surface area contributed by atoms with Gasteiger partial charge in [0.25, 0.3) is 11.6 Å². The van der Waals surface area contributed by atoms with Crippen molar-refractivity contribution in [3.63, 3.8) is 0 Å². The van der Waals surface area contributed by atoms with Gasteiger partial charge in [0, 0.05) is 44.4 Å². The predicted molar refractivity (Wildman–Crippen MR) is 152 cm³/mol. The van der Waals surface area contributed by atoms with E-state index in [0.717, 1.165) is 6.07 Å². The summed E-state index contributed by atoms with van der Waals surface area (Å²) < 4.78 is 26.9. The number of nitro groups is 1. The lowest BCUT2D eigenvalue weighted by Gasteiger charge is -2.35. The van der Waals surface area contributed by atoms with Crippen LogP contribution in [0.15, 0.2) is 53.4 Å². The van der Waals surface area contributed by atoms with E-state index >= 15 is 0 Å². The van der Waals surface area contributed by atoms with Crippen molar-refractivity contribution in [2.75, 3.05) is 37.6 Å². The zero-order valence-electron chi connectivity index (χ0n) is 23.0. The van der Waals surface area contributed by atoms with Crippen LogP contribution in [0, 0.1) is 15.5 Å². The molecule has 1 aliphatic rings. The van der Waals surface area contributed by atoms with E-state index in [2.05, 4.69) is 5.32 Å². The summed E-state index contributed by atoms with van der Waals surface area (Å²) in [5, 5.41) is 30.9.